The highest BCUT2D eigenvalue weighted by atomic mass is 19.1. The van der Waals surface area contributed by atoms with E-state index in [1.165, 1.54) is 19.2 Å². The van der Waals surface area contributed by atoms with Gasteiger partial charge in [0.05, 0.1) is 19.2 Å². The molecule has 1 aromatic heterocycles. The molecule has 0 amide bonds. The van der Waals surface area contributed by atoms with Crippen molar-refractivity contribution < 1.29 is 23.4 Å². The van der Waals surface area contributed by atoms with Gasteiger partial charge in [-0.3, -0.25) is 4.79 Å². The maximum atomic E-state index is 13.9. The second kappa shape index (κ2) is 9.38. The van der Waals surface area contributed by atoms with Crippen LogP contribution in [0.3, 0.4) is 0 Å². The summed E-state index contributed by atoms with van der Waals surface area (Å²) >= 11 is 0. The molecule has 0 aliphatic carbocycles. The van der Waals surface area contributed by atoms with Gasteiger partial charge in [-0.25, -0.2) is 9.37 Å². The summed E-state index contributed by atoms with van der Waals surface area (Å²) in [7, 11) is 1.35. The first-order valence-corrected chi connectivity index (χ1v) is 8.76. The van der Waals surface area contributed by atoms with Crippen LogP contribution in [0.5, 0.6) is 17.4 Å². The summed E-state index contributed by atoms with van der Waals surface area (Å²) in [6.45, 7) is 0.0710. The fraction of sp³-hybridized carbons (Fsp3) is 0.130. The van der Waals surface area contributed by atoms with E-state index in [1.807, 2.05) is 0 Å². The lowest BCUT2D eigenvalue weighted by Gasteiger charge is -2.09. The van der Waals surface area contributed by atoms with E-state index in [-0.39, 0.29) is 24.7 Å². The first kappa shape index (κ1) is 19.9. The SMILES string of the molecule is C#Cc1ccc(OCc2cccc(Oc3ccc(CC(=O)OC)cc3)n2)c(F)c1. The van der Waals surface area contributed by atoms with Crippen LogP contribution in [0, 0.1) is 18.2 Å². The molecule has 0 aliphatic heterocycles. The lowest BCUT2D eigenvalue weighted by atomic mass is 10.1. The number of ether oxygens (including phenoxy) is 3. The first-order chi connectivity index (χ1) is 14.1. The maximum Gasteiger partial charge on any atom is 0.309 e. The fourth-order valence-electron chi connectivity index (χ4n) is 2.49. The standard InChI is InChI=1S/C23H18FNO4/c1-3-16-9-12-21(20(24)13-16)28-15-18-5-4-6-22(25-18)29-19-10-7-17(8-11-19)14-23(26)27-2/h1,4-13H,14-15H2,2H3. The Hall–Kier alpha value is -3.85. The summed E-state index contributed by atoms with van der Waals surface area (Å²) in [4.78, 5) is 15.7. The number of halogens is 1. The predicted molar refractivity (Wildman–Crippen MR) is 105 cm³/mol. The van der Waals surface area contributed by atoms with Crippen molar-refractivity contribution in [2.75, 3.05) is 7.11 Å². The second-order valence-corrected chi connectivity index (χ2v) is 6.04. The average molecular weight is 391 g/mol. The molecule has 6 heteroatoms. The number of nitrogens with zero attached hydrogens (tertiary/aromatic N) is 1. The minimum atomic E-state index is -0.528. The highest BCUT2D eigenvalue weighted by Gasteiger charge is 2.07. The van der Waals surface area contributed by atoms with E-state index >= 15 is 0 Å². The van der Waals surface area contributed by atoms with E-state index in [1.54, 1.807) is 48.5 Å². The Morgan fingerprint density at radius 1 is 1.14 bits per heavy atom. The van der Waals surface area contributed by atoms with Gasteiger partial charge in [0.2, 0.25) is 5.88 Å². The van der Waals surface area contributed by atoms with Crippen molar-refractivity contribution in [3.8, 4) is 29.7 Å². The van der Waals surface area contributed by atoms with Crippen molar-refractivity contribution in [2.45, 2.75) is 13.0 Å². The molecule has 0 N–H and O–H groups in total. The molecule has 0 spiro atoms. The van der Waals surface area contributed by atoms with Gasteiger partial charge in [0, 0.05) is 11.6 Å². The van der Waals surface area contributed by atoms with Crippen LogP contribution < -0.4 is 9.47 Å². The summed E-state index contributed by atoms with van der Waals surface area (Å²) in [5, 5.41) is 0. The second-order valence-electron chi connectivity index (χ2n) is 6.04. The lowest BCUT2D eigenvalue weighted by Crippen LogP contribution is -2.04. The zero-order chi connectivity index (χ0) is 20.6. The third-order valence-electron chi connectivity index (χ3n) is 3.98. The number of hydrogen-bond donors (Lipinski definition) is 0. The van der Waals surface area contributed by atoms with E-state index in [9.17, 15) is 9.18 Å². The monoisotopic (exact) mass is 391 g/mol. The molecule has 0 radical (unpaired) electrons. The van der Waals surface area contributed by atoms with E-state index in [2.05, 4.69) is 15.6 Å². The topological polar surface area (TPSA) is 57.7 Å². The van der Waals surface area contributed by atoms with Gasteiger partial charge in [-0.1, -0.05) is 24.1 Å². The molecule has 29 heavy (non-hydrogen) atoms. The Bertz CT molecular complexity index is 1040. The number of aromatic nitrogens is 1. The molecule has 5 nitrogen and oxygen atoms in total. The highest BCUT2D eigenvalue weighted by Crippen LogP contribution is 2.22. The molecule has 0 saturated carbocycles. The van der Waals surface area contributed by atoms with E-state index in [4.69, 9.17) is 15.9 Å². The van der Waals surface area contributed by atoms with Crippen LogP contribution in [0.15, 0.2) is 60.7 Å². The van der Waals surface area contributed by atoms with Crippen LogP contribution in [0.4, 0.5) is 4.39 Å². The van der Waals surface area contributed by atoms with Crippen LogP contribution in [0.1, 0.15) is 16.8 Å². The van der Waals surface area contributed by atoms with Gasteiger partial charge in [-0.15, -0.1) is 6.42 Å². The van der Waals surface area contributed by atoms with Crippen LogP contribution in [0.2, 0.25) is 0 Å². The van der Waals surface area contributed by atoms with Crippen LogP contribution in [-0.4, -0.2) is 18.1 Å². The smallest absolute Gasteiger partial charge is 0.309 e. The molecule has 0 aliphatic rings. The number of pyridine rings is 1. The Kier molecular flexibility index (Phi) is 6.43. The Balaban J connectivity index is 1.62. The molecule has 3 aromatic rings. The third-order valence-corrected chi connectivity index (χ3v) is 3.98. The largest absolute Gasteiger partial charge is 0.484 e. The van der Waals surface area contributed by atoms with Crippen molar-refractivity contribution in [1.82, 2.24) is 4.98 Å². The molecular weight excluding hydrogens is 373 g/mol. The molecule has 146 valence electrons. The molecule has 2 aromatic carbocycles. The lowest BCUT2D eigenvalue weighted by molar-refractivity contribution is -0.139. The van der Waals surface area contributed by atoms with Gasteiger partial charge < -0.3 is 14.2 Å². The number of methoxy groups -OCH3 is 1. The van der Waals surface area contributed by atoms with Gasteiger partial charge in [0.15, 0.2) is 11.6 Å². The molecule has 0 fully saturated rings. The zero-order valence-corrected chi connectivity index (χ0v) is 15.7. The summed E-state index contributed by atoms with van der Waals surface area (Å²) in [5.41, 5.74) is 1.84. The number of benzene rings is 2. The van der Waals surface area contributed by atoms with Crippen LogP contribution in [0.25, 0.3) is 0 Å². The number of esters is 1. The van der Waals surface area contributed by atoms with Gasteiger partial charge in [0.25, 0.3) is 0 Å². The van der Waals surface area contributed by atoms with Crippen LogP contribution in [-0.2, 0) is 22.6 Å². The number of rotatable bonds is 7. The van der Waals surface area contributed by atoms with Gasteiger partial charge in [-0.05, 0) is 42.0 Å². The zero-order valence-electron chi connectivity index (χ0n) is 15.7. The van der Waals surface area contributed by atoms with E-state index in [0.717, 1.165) is 5.56 Å². The summed E-state index contributed by atoms with van der Waals surface area (Å²) in [6.07, 6.45) is 5.44. The highest BCUT2D eigenvalue weighted by molar-refractivity contribution is 5.72. The molecule has 1 heterocycles. The van der Waals surface area contributed by atoms with Crippen LogP contribution >= 0.6 is 0 Å². The minimum Gasteiger partial charge on any atom is -0.484 e. The third kappa shape index (κ3) is 5.56. The fourth-order valence-corrected chi connectivity index (χ4v) is 2.49. The molecule has 0 atom stereocenters. The van der Waals surface area contributed by atoms with Gasteiger partial charge in [-0.2, -0.15) is 0 Å². The van der Waals surface area contributed by atoms with Gasteiger partial charge >= 0.3 is 5.97 Å². The molecule has 0 saturated heterocycles. The summed E-state index contributed by atoms with van der Waals surface area (Å²) < 4.78 is 29.8. The number of terminal acetylenes is 1. The Labute approximate surface area is 168 Å². The Morgan fingerprint density at radius 2 is 1.93 bits per heavy atom. The quantitative estimate of drug-likeness (QED) is 0.444. The normalized spacial score (nSPS) is 10.1. The molecular formula is C23H18FNO4. The van der Waals surface area contributed by atoms with Crippen molar-refractivity contribution in [1.29, 1.82) is 0 Å². The molecule has 0 bridgehead atoms. The predicted octanol–water partition coefficient (Wildman–Crippen LogP) is 4.29. The number of carbonyl (C=O) groups is 1. The summed E-state index contributed by atoms with van der Waals surface area (Å²) in [6, 6.07) is 16.6. The van der Waals surface area contributed by atoms with E-state index < -0.39 is 5.82 Å². The van der Waals surface area contributed by atoms with Crippen molar-refractivity contribution in [2.24, 2.45) is 0 Å². The molecule has 3 rings (SSSR count). The number of hydrogen-bond acceptors (Lipinski definition) is 5. The Morgan fingerprint density at radius 3 is 2.62 bits per heavy atom. The first-order valence-electron chi connectivity index (χ1n) is 8.76. The maximum absolute atomic E-state index is 13.9. The van der Waals surface area contributed by atoms with Crippen molar-refractivity contribution >= 4 is 5.97 Å². The van der Waals surface area contributed by atoms with Crippen molar-refractivity contribution in [3.05, 3.63) is 83.3 Å². The average Bonchev–Trinajstić information content (AvgIpc) is 2.74. The number of carbonyl (C=O) groups excluding carboxylic acids is 1. The van der Waals surface area contributed by atoms with Gasteiger partial charge in [0.1, 0.15) is 12.4 Å². The van der Waals surface area contributed by atoms with E-state index in [0.29, 0.717) is 22.9 Å². The minimum absolute atomic E-state index is 0.0710. The molecule has 0 unspecified atom stereocenters. The van der Waals surface area contributed by atoms with Crippen molar-refractivity contribution in [3.63, 3.8) is 0 Å². The summed E-state index contributed by atoms with van der Waals surface area (Å²) in [5.74, 6) is 2.57.